The maximum atomic E-state index is 13.2. The first-order valence-electron chi connectivity index (χ1n) is 12.3. The number of hydrogen-bond donors (Lipinski definition) is 1. The van der Waals surface area contributed by atoms with Crippen LogP contribution in [-0.2, 0) is 10.2 Å². The molecule has 0 aliphatic heterocycles. The van der Waals surface area contributed by atoms with Crippen molar-refractivity contribution in [1.82, 2.24) is 9.80 Å². The summed E-state index contributed by atoms with van der Waals surface area (Å²) in [6, 6.07) is 16.4. The maximum absolute atomic E-state index is 13.2. The summed E-state index contributed by atoms with van der Waals surface area (Å²) < 4.78 is 0. The summed E-state index contributed by atoms with van der Waals surface area (Å²) in [7, 11) is 0. The van der Waals surface area contributed by atoms with Crippen LogP contribution in [0.4, 0.5) is 0 Å². The molecule has 0 saturated heterocycles. The molecule has 0 unspecified atom stereocenters. The van der Waals surface area contributed by atoms with Crippen molar-refractivity contribution in [2.24, 2.45) is 5.73 Å². The average molecular weight is 440 g/mol. The van der Waals surface area contributed by atoms with E-state index in [2.05, 4.69) is 108 Å². The van der Waals surface area contributed by atoms with E-state index in [1.807, 2.05) is 0 Å². The van der Waals surface area contributed by atoms with Gasteiger partial charge in [0.25, 0.3) is 0 Å². The summed E-state index contributed by atoms with van der Waals surface area (Å²) in [5.41, 5.74) is 6.59. The third kappa shape index (κ3) is 6.11. The molecule has 2 aromatic rings. The fourth-order valence-electron chi connectivity index (χ4n) is 5.15. The van der Waals surface area contributed by atoms with Gasteiger partial charge in [-0.05, 0) is 84.6 Å². The molecule has 4 heteroatoms. The number of benzene rings is 2. The Morgan fingerprint density at radius 1 is 0.750 bits per heavy atom. The van der Waals surface area contributed by atoms with E-state index in [0.717, 1.165) is 36.9 Å². The lowest BCUT2D eigenvalue weighted by molar-refractivity contribution is -0.124. The first-order chi connectivity index (χ1) is 15.0. The molecule has 2 rings (SSSR count). The number of fused-ring (bicyclic) bond motifs is 1. The molecule has 0 aliphatic rings. The highest BCUT2D eigenvalue weighted by Crippen LogP contribution is 2.35. The van der Waals surface area contributed by atoms with Crippen molar-refractivity contribution in [2.75, 3.05) is 13.1 Å². The molecule has 0 heterocycles. The van der Waals surface area contributed by atoms with E-state index in [1.54, 1.807) is 0 Å². The summed E-state index contributed by atoms with van der Waals surface area (Å²) in [4.78, 5) is 18.2. The van der Waals surface area contributed by atoms with Crippen molar-refractivity contribution in [1.29, 1.82) is 0 Å². The number of primary amides is 1. The summed E-state index contributed by atoms with van der Waals surface area (Å²) >= 11 is 0. The van der Waals surface area contributed by atoms with Crippen LogP contribution < -0.4 is 5.73 Å². The Morgan fingerprint density at radius 3 is 1.59 bits per heavy atom. The Hall–Kier alpha value is -1.91. The number of carbonyl (C=O) groups excluding carboxylic acids is 1. The van der Waals surface area contributed by atoms with Gasteiger partial charge in [-0.2, -0.15) is 0 Å². The lowest BCUT2D eigenvalue weighted by Gasteiger charge is -2.39. The van der Waals surface area contributed by atoms with Gasteiger partial charge in [0, 0.05) is 37.3 Å². The molecule has 2 N–H and O–H groups in total. The van der Waals surface area contributed by atoms with Gasteiger partial charge < -0.3 is 5.73 Å². The van der Waals surface area contributed by atoms with Gasteiger partial charge in [-0.15, -0.1) is 0 Å². The van der Waals surface area contributed by atoms with E-state index in [-0.39, 0.29) is 5.91 Å². The lowest BCUT2D eigenvalue weighted by atomic mass is 9.73. The Kier molecular flexibility index (Phi) is 9.29. The van der Waals surface area contributed by atoms with Gasteiger partial charge >= 0.3 is 0 Å². The number of rotatable bonds is 12. The van der Waals surface area contributed by atoms with Crippen molar-refractivity contribution >= 4 is 16.7 Å². The summed E-state index contributed by atoms with van der Waals surface area (Å²) in [5.74, 6) is -0.215. The van der Waals surface area contributed by atoms with Crippen molar-refractivity contribution in [3.8, 4) is 0 Å². The van der Waals surface area contributed by atoms with Crippen LogP contribution in [0, 0.1) is 0 Å². The topological polar surface area (TPSA) is 49.6 Å². The zero-order chi connectivity index (χ0) is 24.1. The van der Waals surface area contributed by atoms with E-state index < -0.39 is 5.41 Å². The molecule has 0 aliphatic carbocycles. The molecule has 0 atom stereocenters. The highest BCUT2D eigenvalue weighted by Gasteiger charge is 2.39. The molecular formula is C28H45N3O. The highest BCUT2D eigenvalue weighted by molar-refractivity contribution is 5.90. The lowest BCUT2D eigenvalue weighted by Crippen LogP contribution is -2.49. The van der Waals surface area contributed by atoms with E-state index >= 15 is 0 Å². The van der Waals surface area contributed by atoms with Gasteiger partial charge in [-0.3, -0.25) is 14.6 Å². The maximum Gasteiger partial charge on any atom is 0.228 e. The fraction of sp³-hybridized carbons (Fsp3) is 0.607. The van der Waals surface area contributed by atoms with Crippen molar-refractivity contribution in [2.45, 2.75) is 97.8 Å². The second kappa shape index (κ2) is 11.3. The molecule has 2 aromatic carbocycles. The minimum atomic E-state index is -0.700. The van der Waals surface area contributed by atoms with Crippen molar-refractivity contribution < 1.29 is 4.79 Å². The molecular weight excluding hydrogens is 394 g/mol. The molecule has 0 fully saturated rings. The van der Waals surface area contributed by atoms with Crippen LogP contribution in [0.2, 0.25) is 0 Å². The molecule has 0 saturated carbocycles. The van der Waals surface area contributed by atoms with Crippen LogP contribution in [-0.4, -0.2) is 53.0 Å². The SMILES string of the molecule is CC(C)N(CCC(CCN(C(C)C)C(C)C)(C(N)=O)c1ccc2ccccc2c1)C(C)C. The average Bonchev–Trinajstić information content (AvgIpc) is 2.71. The molecule has 4 nitrogen and oxygen atoms in total. The van der Waals surface area contributed by atoms with Gasteiger partial charge in [0.05, 0.1) is 5.41 Å². The second-order valence-electron chi connectivity index (χ2n) is 10.4. The highest BCUT2D eigenvalue weighted by atomic mass is 16.1. The smallest absolute Gasteiger partial charge is 0.228 e. The first-order valence-corrected chi connectivity index (χ1v) is 12.3. The predicted octanol–water partition coefficient (Wildman–Crippen LogP) is 5.58. The normalized spacial score (nSPS) is 12.9. The van der Waals surface area contributed by atoms with E-state index in [0.29, 0.717) is 24.2 Å². The van der Waals surface area contributed by atoms with E-state index in [9.17, 15) is 4.79 Å². The van der Waals surface area contributed by atoms with Crippen molar-refractivity contribution in [3.63, 3.8) is 0 Å². The molecule has 178 valence electrons. The van der Waals surface area contributed by atoms with Gasteiger partial charge in [0.15, 0.2) is 0 Å². The first kappa shape index (κ1) is 26.3. The largest absolute Gasteiger partial charge is 0.369 e. The Balaban J connectivity index is 2.51. The van der Waals surface area contributed by atoms with Crippen LogP contribution in [0.5, 0.6) is 0 Å². The predicted molar refractivity (Wildman–Crippen MR) is 138 cm³/mol. The number of nitrogens with two attached hydrogens (primary N) is 1. The van der Waals surface area contributed by atoms with Crippen LogP contribution in [0.15, 0.2) is 42.5 Å². The second-order valence-corrected chi connectivity index (χ2v) is 10.4. The van der Waals surface area contributed by atoms with Gasteiger partial charge in [0.2, 0.25) is 5.91 Å². The van der Waals surface area contributed by atoms with Crippen LogP contribution in [0.3, 0.4) is 0 Å². The van der Waals surface area contributed by atoms with Gasteiger partial charge in [-0.1, -0.05) is 42.5 Å². The Bertz CT molecular complexity index is 832. The molecule has 32 heavy (non-hydrogen) atoms. The summed E-state index contributed by atoms with van der Waals surface area (Å²) in [6.45, 7) is 19.5. The van der Waals surface area contributed by atoms with Crippen molar-refractivity contribution in [3.05, 3.63) is 48.0 Å². The Labute approximate surface area is 196 Å². The number of nitrogens with zero attached hydrogens (tertiary/aromatic N) is 2. The fourth-order valence-corrected chi connectivity index (χ4v) is 5.15. The van der Waals surface area contributed by atoms with E-state index in [4.69, 9.17) is 5.73 Å². The third-order valence-electron chi connectivity index (χ3n) is 7.02. The molecule has 0 aromatic heterocycles. The van der Waals surface area contributed by atoms with Crippen LogP contribution >= 0.6 is 0 Å². The molecule has 1 amide bonds. The van der Waals surface area contributed by atoms with Crippen LogP contribution in [0.1, 0.15) is 73.8 Å². The summed E-state index contributed by atoms with van der Waals surface area (Å²) in [6.07, 6.45) is 1.45. The quantitative estimate of drug-likeness (QED) is 0.470. The minimum absolute atomic E-state index is 0.215. The minimum Gasteiger partial charge on any atom is -0.369 e. The molecule has 0 spiro atoms. The standard InChI is InChI=1S/C28H45N3O/c1-20(2)30(21(3)4)17-15-28(27(29)32,16-18-31(22(5)6)23(7)8)26-14-13-24-11-9-10-12-25(24)19-26/h9-14,19-23H,15-18H2,1-8H3,(H2,29,32). The Morgan fingerprint density at radius 2 is 1.19 bits per heavy atom. The summed E-state index contributed by atoms with van der Waals surface area (Å²) in [5, 5.41) is 2.34. The molecule has 0 bridgehead atoms. The zero-order valence-corrected chi connectivity index (χ0v) is 21.6. The monoisotopic (exact) mass is 439 g/mol. The number of carbonyl (C=O) groups is 1. The number of amides is 1. The van der Waals surface area contributed by atoms with Gasteiger partial charge in [-0.25, -0.2) is 0 Å². The van der Waals surface area contributed by atoms with E-state index in [1.165, 1.54) is 5.39 Å². The number of hydrogen-bond acceptors (Lipinski definition) is 3. The third-order valence-corrected chi connectivity index (χ3v) is 7.02. The molecule has 0 radical (unpaired) electrons. The zero-order valence-electron chi connectivity index (χ0n) is 21.6. The van der Waals surface area contributed by atoms with Crippen LogP contribution in [0.25, 0.3) is 10.8 Å². The van der Waals surface area contributed by atoms with Gasteiger partial charge in [0.1, 0.15) is 0 Å².